The zero-order chi connectivity index (χ0) is 18.2. The highest BCUT2D eigenvalue weighted by Crippen LogP contribution is 2.40. The highest BCUT2D eigenvalue weighted by molar-refractivity contribution is 7.89. The minimum absolute atomic E-state index is 0.0427. The van der Waals surface area contributed by atoms with Crippen molar-refractivity contribution in [3.63, 3.8) is 0 Å². The molecule has 0 spiro atoms. The molecule has 10 heteroatoms. The predicted molar refractivity (Wildman–Crippen MR) is 89.5 cm³/mol. The summed E-state index contributed by atoms with van der Waals surface area (Å²) < 4.78 is 38.4. The quantitative estimate of drug-likeness (QED) is 0.786. The molecule has 1 aliphatic rings. The van der Waals surface area contributed by atoms with Crippen molar-refractivity contribution in [1.82, 2.24) is 0 Å². The number of primary sulfonamides is 1. The molecule has 25 heavy (non-hydrogen) atoms. The number of ether oxygens (including phenoxy) is 3. The lowest BCUT2D eigenvalue weighted by molar-refractivity contribution is 0.0472. The van der Waals surface area contributed by atoms with E-state index in [1.165, 1.54) is 12.1 Å². The van der Waals surface area contributed by atoms with E-state index in [1.807, 2.05) is 0 Å². The van der Waals surface area contributed by atoms with Gasteiger partial charge in [0.1, 0.15) is 6.61 Å². The van der Waals surface area contributed by atoms with Crippen LogP contribution in [-0.4, -0.2) is 21.2 Å². The lowest BCUT2D eigenvalue weighted by atomic mass is 10.2. The molecule has 0 unspecified atom stereocenters. The molecule has 2 aromatic rings. The first kappa shape index (κ1) is 17.8. The molecule has 7 nitrogen and oxygen atoms in total. The maximum absolute atomic E-state index is 12.2. The number of fused-ring (bicyclic) bond motifs is 1. The summed E-state index contributed by atoms with van der Waals surface area (Å²) in [7, 11) is -3.97. The summed E-state index contributed by atoms with van der Waals surface area (Å²) >= 11 is 12.0. The standard InChI is InChI=1S/C15H11Cl2NO6S/c16-11-2-1-9(25(18,20)21)5-10(11)15(19)22-6-8-3-12(17)14-13(4-8)23-7-24-14/h1-5H,6-7H2,(H2,18,20,21). The highest BCUT2D eigenvalue weighted by Gasteiger charge is 2.20. The van der Waals surface area contributed by atoms with Gasteiger partial charge in [-0.3, -0.25) is 0 Å². The summed E-state index contributed by atoms with van der Waals surface area (Å²) in [5.41, 5.74) is 0.460. The Morgan fingerprint density at radius 2 is 1.92 bits per heavy atom. The number of halogens is 2. The number of carbonyl (C=O) groups excluding carboxylic acids is 1. The molecule has 1 aliphatic heterocycles. The second kappa shape index (κ2) is 6.72. The number of nitrogens with two attached hydrogens (primary N) is 1. The fraction of sp³-hybridized carbons (Fsp3) is 0.133. The molecular weight excluding hydrogens is 393 g/mol. The molecule has 0 saturated carbocycles. The van der Waals surface area contributed by atoms with Crippen molar-refractivity contribution in [2.45, 2.75) is 11.5 Å². The van der Waals surface area contributed by atoms with Gasteiger partial charge in [-0.05, 0) is 35.9 Å². The molecule has 2 N–H and O–H groups in total. The number of hydrogen-bond donors (Lipinski definition) is 1. The number of rotatable bonds is 4. The highest BCUT2D eigenvalue weighted by atomic mass is 35.5. The Morgan fingerprint density at radius 3 is 2.64 bits per heavy atom. The van der Waals surface area contributed by atoms with Crippen LogP contribution in [0.5, 0.6) is 11.5 Å². The van der Waals surface area contributed by atoms with E-state index in [0.717, 1.165) is 6.07 Å². The van der Waals surface area contributed by atoms with Crippen molar-refractivity contribution in [2.75, 3.05) is 6.79 Å². The van der Waals surface area contributed by atoms with Gasteiger partial charge in [-0.15, -0.1) is 0 Å². The van der Waals surface area contributed by atoms with Crippen LogP contribution in [0.1, 0.15) is 15.9 Å². The third-order valence-electron chi connectivity index (χ3n) is 3.34. The largest absolute Gasteiger partial charge is 0.457 e. The topological polar surface area (TPSA) is 105 Å². The molecule has 0 atom stereocenters. The molecule has 0 saturated heterocycles. The summed E-state index contributed by atoms with van der Waals surface area (Å²) in [4.78, 5) is 12.0. The lowest BCUT2D eigenvalue weighted by Gasteiger charge is -2.09. The number of benzene rings is 2. The van der Waals surface area contributed by atoms with Crippen LogP contribution in [0, 0.1) is 0 Å². The van der Waals surface area contributed by atoms with Crippen molar-refractivity contribution in [2.24, 2.45) is 5.14 Å². The molecule has 0 aromatic heterocycles. The number of esters is 1. The maximum atomic E-state index is 12.2. The van der Waals surface area contributed by atoms with Gasteiger partial charge in [-0.2, -0.15) is 0 Å². The average molecular weight is 404 g/mol. The van der Waals surface area contributed by atoms with Gasteiger partial charge < -0.3 is 14.2 Å². The van der Waals surface area contributed by atoms with Gasteiger partial charge in [0.15, 0.2) is 11.5 Å². The molecule has 0 aliphatic carbocycles. The molecular formula is C15H11Cl2NO6S. The van der Waals surface area contributed by atoms with Crippen molar-refractivity contribution in [1.29, 1.82) is 0 Å². The van der Waals surface area contributed by atoms with Crippen LogP contribution in [0.3, 0.4) is 0 Å². The first-order valence-electron chi connectivity index (χ1n) is 6.83. The second-order valence-electron chi connectivity index (χ2n) is 5.07. The smallest absolute Gasteiger partial charge is 0.340 e. The molecule has 0 radical (unpaired) electrons. The van der Waals surface area contributed by atoms with Crippen LogP contribution in [0.4, 0.5) is 0 Å². The van der Waals surface area contributed by atoms with E-state index in [-0.39, 0.29) is 28.9 Å². The third kappa shape index (κ3) is 3.82. The van der Waals surface area contributed by atoms with Crippen molar-refractivity contribution >= 4 is 39.2 Å². The molecule has 1 heterocycles. The summed E-state index contributed by atoms with van der Waals surface area (Å²) in [6, 6.07) is 6.72. The van der Waals surface area contributed by atoms with Crippen LogP contribution >= 0.6 is 23.2 Å². The van der Waals surface area contributed by atoms with E-state index in [2.05, 4.69) is 0 Å². The van der Waals surface area contributed by atoms with Crippen LogP contribution in [0.2, 0.25) is 10.0 Å². The van der Waals surface area contributed by atoms with Crippen molar-refractivity contribution in [3.05, 3.63) is 51.5 Å². The Hall–Kier alpha value is -2.00. The Bertz CT molecular complexity index is 961. The normalized spacial score (nSPS) is 12.9. The Kier molecular flexibility index (Phi) is 4.79. The molecule has 0 bridgehead atoms. The van der Waals surface area contributed by atoms with Gasteiger partial charge >= 0.3 is 5.97 Å². The van der Waals surface area contributed by atoms with E-state index in [4.69, 9.17) is 42.6 Å². The fourth-order valence-electron chi connectivity index (χ4n) is 2.17. The maximum Gasteiger partial charge on any atom is 0.340 e. The summed E-state index contributed by atoms with van der Waals surface area (Å²) in [6.45, 7) is -0.0562. The average Bonchev–Trinajstić information content (AvgIpc) is 3.01. The van der Waals surface area contributed by atoms with Crippen molar-refractivity contribution in [3.8, 4) is 11.5 Å². The van der Waals surface area contributed by atoms with Gasteiger partial charge in [0, 0.05) is 0 Å². The molecule has 132 valence electrons. The minimum Gasteiger partial charge on any atom is -0.457 e. The third-order valence-corrected chi connectivity index (χ3v) is 4.86. The van der Waals surface area contributed by atoms with E-state index in [1.54, 1.807) is 12.1 Å². The van der Waals surface area contributed by atoms with E-state index >= 15 is 0 Å². The van der Waals surface area contributed by atoms with Crippen LogP contribution < -0.4 is 14.6 Å². The number of hydrogen-bond acceptors (Lipinski definition) is 6. The SMILES string of the molecule is NS(=O)(=O)c1ccc(Cl)c(C(=O)OCc2cc(Cl)c3c(c2)OCO3)c1. The summed E-state index contributed by atoms with van der Waals surface area (Å²) in [5, 5.41) is 5.42. The summed E-state index contributed by atoms with van der Waals surface area (Å²) in [5.74, 6) is 0.0812. The zero-order valence-electron chi connectivity index (χ0n) is 12.5. The number of sulfonamides is 1. The van der Waals surface area contributed by atoms with Gasteiger partial charge in [-0.1, -0.05) is 23.2 Å². The predicted octanol–water partition coefficient (Wildman–Crippen LogP) is 2.73. The first-order chi connectivity index (χ1) is 11.8. The van der Waals surface area contributed by atoms with Crippen LogP contribution in [-0.2, 0) is 21.4 Å². The lowest BCUT2D eigenvalue weighted by Crippen LogP contribution is -2.14. The Balaban J connectivity index is 1.79. The molecule has 2 aromatic carbocycles. The van der Waals surface area contributed by atoms with Gasteiger partial charge in [0.25, 0.3) is 0 Å². The van der Waals surface area contributed by atoms with Gasteiger partial charge in [0.2, 0.25) is 16.8 Å². The Labute approximate surface area is 153 Å². The van der Waals surface area contributed by atoms with E-state index in [9.17, 15) is 13.2 Å². The zero-order valence-corrected chi connectivity index (χ0v) is 14.8. The molecule has 3 rings (SSSR count). The monoisotopic (exact) mass is 403 g/mol. The minimum atomic E-state index is -3.97. The van der Waals surface area contributed by atoms with Crippen LogP contribution in [0.25, 0.3) is 0 Å². The Morgan fingerprint density at radius 1 is 1.16 bits per heavy atom. The van der Waals surface area contributed by atoms with Gasteiger partial charge in [-0.25, -0.2) is 18.4 Å². The second-order valence-corrected chi connectivity index (χ2v) is 7.45. The molecule has 0 amide bonds. The van der Waals surface area contributed by atoms with E-state index < -0.39 is 16.0 Å². The number of carbonyl (C=O) groups is 1. The van der Waals surface area contributed by atoms with Crippen molar-refractivity contribution < 1.29 is 27.4 Å². The fourth-order valence-corrected chi connectivity index (χ4v) is 3.19. The first-order valence-corrected chi connectivity index (χ1v) is 9.13. The van der Waals surface area contributed by atoms with Crippen LogP contribution in [0.15, 0.2) is 35.2 Å². The van der Waals surface area contributed by atoms with E-state index in [0.29, 0.717) is 22.1 Å². The molecule has 0 fully saturated rings. The van der Waals surface area contributed by atoms with Gasteiger partial charge in [0.05, 0.1) is 20.5 Å². The summed E-state index contributed by atoms with van der Waals surface area (Å²) in [6.07, 6.45) is 0.